The molecular formula is C13H9ClO. The summed E-state index contributed by atoms with van der Waals surface area (Å²) in [7, 11) is 0. The Labute approximate surface area is 92.3 Å². The summed E-state index contributed by atoms with van der Waals surface area (Å²) in [6.07, 6.45) is 0. The quantitative estimate of drug-likeness (QED) is 0.552. The molecule has 2 aromatic carbocycles. The lowest BCUT2D eigenvalue weighted by Crippen LogP contribution is -1.77. The number of alkyl halides is 1. The molecule has 0 N–H and O–H groups in total. The molecule has 0 aliphatic carbocycles. The Kier molecular flexibility index (Phi) is 1.93. The van der Waals surface area contributed by atoms with E-state index in [-0.39, 0.29) is 0 Å². The van der Waals surface area contributed by atoms with Crippen LogP contribution in [0.15, 0.2) is 46.9 Å². The summed E-state index contributed by atoms with van der Waals surface area (Å²) in [5.41, 5.74) is 2.96. The molecule has 0 saturated heterocycles. The molecule has 74 valence electrons. The van der Waals surface area contributed by atoms with Crippen LogP contribution in [0.1, 0.15) is 5.56 Å². The molecule has 0 aliphatic heterocycles. The third kappa shape index (κ3) is 1.24. The minimum absolute atomic E-state index is 0.515. The first-order chi connectivity index (χ1) is 7.40. The number of rotatable bonds is 1. The Morgan fingerprint density at radius 1 is 0.933 bits per heavy atom. The van der Waals surface area contributed by atoms with Crippen molar-refractivity contribution in [3.8, 4) is 0 Å². The maximum absolute atomic E-state index is 5.92. The molecule has 15 heavy (non-hydrogen) atoms. The van der Waals surface area contributed by atoms with Gasteiger partial charge in [-0.3, -0.25) is 0 Å². The van der Waals surface area contributed by atoms with Crippen LogP contribution in [-0.2, 0) is 5.88 Å². The van der Waals surface area contributed by atoms with Gasteiger partial charge in [0.2, 0.25) is 0 Å². The van der Waals surface area contributed by atoms with Gasteiger partial charge in [-0.05, 0) is 17.7 Å². The number of benzene rings is 2. The summed E-state index contributed by atoms with van der Waals surface area (Å²) in [5.74, 6) is 0.515. The first-order valence-corrected chi connectivity index (χ1v) is 5.38. The third-order valence-corrected chi connectivity index (χ3v) is 2.92. The van der Waals surface area contributed by atoms with Gasteiger partial charge < -0.3 is 4.42 Å². The Balaban J connectivity index is 2.56. The maximum atomic E-state index is 5.92. The van der Waals surface area contributed by atoms with Crippen molar-refractivity contribution in [3.63, 3.8) is 0 Å². The molecule has 1 heterocycles. The lowest BCUT2D eigenvalue weighted by molar-refractivity contribution is 0.669. The normalized spacial score (nSPS) is 11.3. The van der Waals surface area contributed by atoms with Gasteiger partial charge in [-0.15, -0.1) is 11.6 Å². The molecule has 2 heteroatoms. The molecule has 0 radical (unpaired) electrons. The number of hydrogen-bond acceptors (Lipinski definition) is 1. The van der Waals surface area contributed by atoms with Crippen LogP contribution < -0.4 is 0 Å². The molecule has 3 rings (SSSR count). The van der Waals surface area contributed by atoms with Crippen molar-refractivity contribution in [2.45, 2.75) is 5.88 Å². The average Bonchev–Trinajstić information content (AvgIpc) is 2.67. The summed E-state index contributed by atoms with van der Waals surface area (Å²) in [6, 6.07) is 14.0. The Bertz CT molecular complexity index is 625. The van der Waals surface area contributed by atoms with Crippen LogP contribution in [-0.4, -0.2) is 0 Å². The Hall–Kier alpha value is -1.47. The predicted molar refractivity (Wildman–Crippen MR) is 63.3 cm³/mol. The third-order valence-electron chi connectivity index (χ3n) is 2.63. The number of halogens is 1. The smallest absolute Gasteiger partial charge is 0.135 e. The van der Waals surface area contributed by atoms with E-state index in [0.29, 0.717) is 5.88 Å². The van der Waals surface area contributed by atoms with E-state index in [2.05, 4.69) is 6.07 Å². The second-order valence-electron chi connectivity index (χ2n) is 3.52. The highest BCUT2D eigenvalue weighted by Gasteiger charge is 2.08. The van der Waals surface area contributed by atoms with Crippen LogP contribution in [0, 0.1) is 0 Å². The summed E-state index contributed by atoms with van der Waals surface area (Å²) >= 11 is 5.92. The van der Waals surface area contributed by atoms with Crippen molar-refractivity contribution in [1.29, 1.82) is 0 Å². The fraction of sp³-hybridized carbons (Fsp3) is 0.0769. The maximum Gasteiger partial charge on any atom is 0.135 e. The lowest BCUT2D eigenvalue weighted by atomic mass is 10.1. The highest BCUT2D eigenvalue weighted by atomic mass is 35.5. The molecule has 0 atom stereocenters. The van der Waals surface area contributed by atoms with Gasteiger partial charge >= 0.3 is 0 Å². The molecular weight excluding hydrogens is 208 g/mol. The second kappa shape index (κ2) is 3.28. The van der Waals surface area contributed by atoms with Crippen LogP contribution in [0.4, 0.5) is 0 Å². The number of fused-ring (bicyclic) bond motifs is 3. The monoisotopic (exact) mass is 216 g/mol. The zero-order valence-electron chi connectivity index (χ0n) is 8.03. The van der Waals surface area contributed by atoms with Gasteiger partial charge in [-0.2, -0.15) is 0 Å². The van der Waals surface area contributed by atoms with E-state index in [4.69, 9.17) is 16.0 Å². The zero-order chi connectivity index (χ0) is 10.3. The standard InChI is InChI=1S/C13H9ClO/c14-8-9-4-3-7-12-13(9)10-5-1-2-6-11(10)15-12/h1-7H,8H2. The molecule has 1 aromatic heterocycles. The number of furan rings is 1. The first kappa shape index (κ1) is 8.81. The van der Waals surface area contributed by atoms with E-state index in [1.54, 1.807) is 0 Å². The zero-order valence-corrected chi connectivity index (χ0v) is 8.79. The molecule has 0 bridgehead atoms. The van der Waals surface area contributed by atoms with Crippen molar-refractivity contribution in [2.75, 3.05) is 0 Å². The Morgan fingerprint density at radius 2 is 1.73 bits per heavy atom. The van der Waals surface area contributed by atoms with E-state index in [0.717, 1.165) is 27.5 Å². The number of hydrogen-bond donors (Lipinski definition) is 0. The van der Waals surface area contributed by atoms with Gasteiger partial charge in [0, 0.05) is 16.7 Å². The minimum Gasteiger partial charge on any atom is -0.456 e. The topological polar surface area (TPSA) is 13.1 Å². The molecule has 3 aromatic rings. The van der Waals surface area contributed by atoms with Crippen LogP contribution in [0.2, 0.25) is 0 Å². The van der Waals surface area contributed by atoms with Crippen molar-refractivity contribution in [2.24, 2.45) is 0 Å². The molecule has 0 aliphatic rings. The molecule has 0 fully saturated rings. The molecule has 0 spiro atoms. The minimum atomic E-state index is 0.515. The van der Waals surface area contributed by atoms with Gasteiger partial charge in [0.05, 0.1) is 0 Å². The number of para-hydroxylation sites is 1. The van der Waals surface area contributed by atoms with Crippen LogP contribution >= 0.6 is 11.6 Å². The van der Waals surface area contributed by atoms with Crippen molar-refractivity contribution in [3.05, 3.63) is 48.0 Å². The fourth-order valence-corrected chi connectivity index (χ4v) is 2.18. The summed E-state index contributed by atoms with van der Waals surface area (Å²) < 4.78 is 5.74. The molecule has 0 unspecified atom stereocenters. The van der Waals surface area contributed by atoms with Crippen molar-refractivity contribution in [1.82, 2.24) is 0 Å². The SMILES string of the molecule is ClCc1cccc2oc3ccccc3c12. The summed E-state index contributed by atoms with van der Waals surface area (Å²) in [6.45, 7) is 0. The van der Waals surface area contributed by atoms with Crippen molar-refractivity contribution >= 4 is 33.5 Å². The van der Waals surface area contributed by atoms with Crippen LogP contribution in [0.3, 0.4) is 0 Å². The molecule has 1 nitrogen and oxygen atoms in total. The highest BCUT2D eigenvalue weighted by Crippen LogP contribution is 2.31. The summed E-state index contributed by atoms with van der Waals surface area (Å²) in [4.78, 5) is 0. The van der Waals surface area contributed by atoms with Gasteiger partial charge in [-0.25, -0.2) is 0 Å². The van der Waals surface area contributed by atoms with Crippen molar-refractivity contribution < 1.29 is 4.42 Å². The van der Waals surface area contributed by atoms with Gasteiger partial charge in [0.1, 0.15) is 11.2 Å². The molecule has 0 saturated carbocycles. The molecule has 0 amide bonds. The van der Waals surface area contributed by atoms with E-state index >= 15 is 0 Å². The second-order valence-corrected chi connectivity index (χ2v) is 3.79. The van der Waals surface area contributed by atoms with Gasteiger partial charge in [0.15, 0.2) is 0 Å². The van der Waals surface area contributed by atoms with Gasteiger partial charge in [0.25, 0.3) is 0 Å². The lowest BCUT2D eigenvalue weighted by Gasteiger charge is -1.96. The van der Waals surface area contributed by atoms with E-state index in [1.165, 1.54) is 0 Å². The van der Waals surface area contributed by atoms with E-state index in [9.17, 15) is 0 Å². The van der Waals surface area contributed by atoms with Crippen LogP contribution in [0.25, 0.3) is 21.9 Å². The average molecular weight is 217 g/mol. The fourth-order valence-electron chi connectivity index (χ4n) is 1.96. The van der Waals surface area contributed by atoms with E-state index in [1.807, 2.05) is 36.4 Å². The van der Waals surface area contributed by atoms with Gasteiger partial charge in [-0.1, -0.05) is 30.3 Å². The first-order valence-electron chi connectivity index (χ1n) is 4.85. The van der Waals surface area contributed by atoms with E-state index < -0.39 is 0 Å². The highest BCUT2D eigenvalue weighted by molar-refractivity contribution is 6.19. The van der Waals surface area contributed by atoms with Crippen LogP contribution in [0.5, 0.6) is 0 Å². The predicted octanol–water partition coefficient (Wildman–Crippen LogP) is 4.32. The summed E-state index contributed by atoms with van der Waals surface area (Å²) in [5, 5.41) is 2.28. The largest absolute Gasteiger partial charge is 0.456 e. The Morgan fingerprint density at radius 3 is 2.60 bits per heavy atom.